The molecule has 0 fully saturated rings. The van der Waals surface area contributed by atoms with Gasteiger partial charge in [-0.3, -0.25) is 0 Å². The van der Waals surface area contributed by atoms with E-state index in [0.717, 1.165) is 0 Å². The molecular formula is C6H15O5PS. The van der Waals surface area contributed by atoms with Gasteiger partial charge in [0, 0.05) is 14.2 Å². The Morgan fingerprint density at radius 1 is 1.46 bits per heavy atom. The number of aliphatic hydroxyl groups excluding tert-OH is 1. The summed E-state index contributed by atoms with van der Waals surface area (Å²) >= 11 is 4.57. The number of hydrogen-bond acceptors (Lipinski definition) is 5. The number of methoxy groups -OCH3 is 1. The van der Waals surface area contributed by atoms with E-state index in [-0.39, 0.29) is 13.2 Å². The summed E-state index contributed by atoms with van der Waals surface area (Å²) in [4.78, 5) is 9.13. The van der Waals surface area contributed by atoms with Gasteiger partial charge in [0.2, 0.25) is 0 Å². The highest BCUT2D eigenvalue weighted by Crippen LogP contribution is 2.42. The van der Waals surface area contributed by atoms with Gasteiger partial charge in [0.25, 0.3) is 0 Å². The van der Waals surface area contributed by atoms with Crippen LogP contribution in [0.5, 0.6) is 0 Å². The predicted molar refractivity (Wildman–Crippen MR) is 52.0 cm³/mol. The van der Waals surface area contributed by atoms with E-state index >= 15 is 0 Å². The van der Waals surface area contributed by atoms with Crippen LogP contribution in [-0.2, 0) is 25.6 Å². The Balaban J connectivity index is 3.50. The minimum Gasteiger partial charge on any atom is -0.391 e. The molecule has 0 saturated carbocycles. The van der Waals surface area contributed by atoms with Gasteiger partial charge in [0.05, 0.1) is 19.3 Å². The number of rotatable bonds is 7. The first-order valence-corrected chi connectivity index (χ1v) is 6.31. The van der Waals surface area contributed by atoms with Gasteiger partial charge in [-0.05, 0) is 18.2 Å². The Hall–Kier alpha value is 0.450. The Morgan fingerprint density at radius 2 is 2.08 bits per heavy atom. The summed E-state index contributed by atoms with van der Waals surface area (Å²) < 4.78 is 14.1. The highest BCUT2D eigenvalue weighted by Gasteiger charge is 2.13. The number of ether oxygens (including phenoxy) is 1. The molecule has 0 aromatic heterocycles. The van der Waals surface area contributed by atoms with Gasteiger partial charge in [-0.15, -0.1) is 0 Å². The average Bonchev–Trinajstić information content (AvgIpc) is 2.05. The molecule has 2 atom stereocenters. The van der Waals surface area contributed by atoms with Gasteiger partial charge in [-0.1, -0.05) is 0 Å². The van der Waals surface area contributed by atoms with E-state index in [2.05, 4.69) is 16.3 Å². The molecule has 0 saturated heterocycles. The Bertz CT molecular complexity index is 176. The molecule has 0 aliphatic rings. The molecule has 0 aromatic rings. The minimum atomic E-state index is -3.07. The average molecular weight is 230 g/mol. The number of hydrogen-bond donors (Lipinski definition) is 2. The van der Waals surface area contributed by atoms with Gasteiger partial charge >= 0.3 is 6.72 Å². The molecule has 7 heteroatoms. The van der Waals surface area contributed by atoms with Crippen molar-refractivity contribution in [3.05, 3.63) is 0 Å². The van der Waals surface area contributed by atoms with E-state index in [4.69, 9.17) is 19.3 Å². The zero-order chi connectivity index (χ0) is 10.3. The second-order valence-corrected chi connectivity index (χ2v) is 5.33. The van der Waals surface area contributed by atoms with Crippen molar-refractivity contribution in [2.45, 2.75) is 12.5 Å². The summed E-state index contributed by atoms with van der Waals surface area (Å²) in [6.07, 6.45) is -0.243. The van der Waals surface area contributed by atoms with Crippen LogP contribution >= 0.6 is 6.72 Å². The minimum absolute atomic E-state index is 0.159. The summed E-state index contributed by atoms with van der Waals surface area (Å²) in [6, 6.07) is 0. The summed E-state index contributed by atoms with van der Waals surface area (Å²) in [5.74, 6) is 0. The molecule has 13 heavy (non-hydrogen) atoms. The monoisotopic (exact) mass is 230 g/mol. The van der Waals surface area contributed by atoms with E-state index in [0.29, 0.717) is 6.42 Å². The molecular weight excluding hydrogens is 215 g/mol. The van der Waals surface area contributed by atoms with Crippen molar-refractivity contribution in [3.63, 3.8) is 0 Å². The molecule has 2 unspecified atom stereocenters. The van der Waals surface area contributed by atoms with E-state index in [1.54, 1.807) is 0 Å². The molecule has 0 heterocycles. The second-order valence-electron chi connectivity index (χ2n) is 2.38. The molecule has 0 amide bonds. The lowest BCUT2D eigenvalue weighted by atomic mass is 10.3. The van der Waals surface area contributed by atoms with Crippen molar-refractivity contribution in [1.82, 2.24) is 0 Å². The summed E-state index contributed by atoms with van der Waals surface area (Å²) in [6.45, 7) is -2.67. The summed E-state index contributed by atoms with van der Waals surface area (Å²) in [7, 11) is 2.78. The van der Waals surface area contributed by atoms with E-state index in [1.165, 1.54) is 14.2 Å². The van der Waals surface area contributed by atoms with Crippen molar-refractivity contribution in [1.29, 1.82) is 0 Å². The van der Waals surface area contributed by atoms with Crippen molar-refractivity contribution < 1.29 is 23.8 Å². The Kier molecular flexibility index (Phi) is 7.07. The lowest BCUT2D eigenvalue weighted by molar-refractivity contribution is 0.0483. The molecule has 0 radical (unpaired) electrons. The topological polar surface area (TPSA) is 68.2 Å². The van der Waals surface area contributed by atoms with Crippen LogP contribution < -0.4 is 0 Å². The van der Waals surface area contributed by atoms with E-state index < -0.39 is 12.8 Å². The van der Waals surface area contributed by atoms with Gasteiger partial charge < -0.3 is 23.8 Å². The molecule has 0 bridgehead atoms. The van der Waals surface area contributed by atoms with Crippen LogP contribution in [0, 0.1) is 0 Å². The fourth-order valence-electron chi connectivity index (χ4n) is 0.633. The first-order chi connectivity index (χ1) is 6.02. The number of aliphatic hydroxyl groups is 1. The maximum atomic E-state index is 9.17. The summed E-state index contributed by atoms with van der Waals surface area (Å²) in [5, 5.41) is 9.17. The van der Waals surface area contributed by atoms with Crippen LogP contribution in [0.15, 0.2) is 0 Å². The molecule has 5 nitrogen and oxygen atoms in total. The first-order valence-electron chi connectivity index (χ1n) is 3.72. The highest BCUT2D eigenvalue weighted by molar-refractivity contribution is 8.07. The van der Waals surface area contributed by atoms with E-state index in [9.17, 15) is 0 Å². The quantitative estimate of drug-likeness (QED) is 0.612. The standard InChI is InChI=1S/C6H15O5PS/c1-9-5-6(7)3-4-11-12(8,13)10-2/h6-7H,3-5H2,1-2H3,(H,8,13). The maximum Gasteiger partial charge on any atom is 0.324 e. The Labute approximate surface area is 82.9 Å². The highest BCUT2D eigenvalue weighted by atomic mass is 32.5. The van der Waals surface area contributed by atoms with E-state index in [1.807, 2.05) is 0 Å². The van der Waals surface area contributed by atoms with Crippen LogP contribution in [0.3, 0.4) is 0 Å². The van der Waals surface area contributed by atoms with Gasteiger partial charge in [0.15, 0.2) is 0 Å². The van der Waals surface area contributed by atoms with Crippen molar-refractivity contribution in [2.75, 3.05) is 27.4 Å². The zero-order valence-corrected chi connectivity index (χ0v) is 9.38. The molecule has 2 N–H and O–H groups in total. The zero-order valence-electron chi connectivity index (χ0n) is 7.67. The fourth-order valence-corrected chi connectivity index (χ4v) is 1.30. The third kappa shape index (κ3) is 7.52. The SMILES string of the molecule is COCC(O)CCOP(O)(=S)OC. The third-order valence-corrected chi connectivity index (χ3v) is 3.03. The lowest BCUT2D eigenvalue weighted by Crippen LogP contribution is -2.16. The van der Waals surface area contributed by atoms with Crippen molar-refractivity contribution >= 4 is 18.5 Å². The van der Waals surface area contributed by atoms with Crippen LogP contribution in [0.25, 0.3) is 0 Å². The molecule has 0 spiro atoms. The largest absolute Gasteiger partial charge is 0.391 e. The molecule has 0 aliphatic carbocycles. The molecule has 80 valence electrons. The third-order valence-electron chi connectivity index (χ3n) is 1.30. The fraction of sp³-hybridized carbons (Fsp3) is 1.00. The van der Waals surface area contributed by atoms with Crippen LogP contribution in [0.4, 0.5) is 0 Å². The predicted octanol–water partition coefficient (Wildman–Crippen LogP) is 0.264. The Morgan fingerprint density at radius 3 is 2.54 bits per heavy atom. The van der Waals surface area contributed by atoms with Crippen molar-refractivity contribution in [3.8, 4) is 0 Å². The maximum absolute atomic E-state index is 9.17. The first kappa shape index (κ1) is 13.4. The van der Waals surface area contributed by atoms with Crippen LogP contribution in [0.1, 0.15) is 6.42 Å². The van der Waals surface area contributed by atoms with Gasteiger partial charge in [-0.2, -0.15) is 0 Å². The van der Waals surface area contributed by atoms with Crippen molar-refractivity contribution in [2.24, 2.45) is 0 Å². The van der Waals surface area contributed by atoms with Gasteiger partial charge in [0.1, 0.15) is 0 Å². The normalized spacial score (nSPS) is 18.2. The molecule has 0 aromatic carbocycles. The van der Waals surface area contributed by atoms with Crippen LogP contribution in [0.2, 0.25) is 0 Å². The second kappa shape index (κ2) is 6.84. The van der Waals surface area contributed by atoms with Crippen LogP contribution in [-0.4, -0.2) is 43.5 Å². The molecule has 0 rings (SSSR count). The lowest BCUT2D eigenvalue weighted by Gasteiger charge is -2.14. The summed E-state index contributed by atoms with van der Waals surface area (Å²) in [5.41, 5.74) is 0. The molecule has 0 aliphatic heterocycles. The smallest absolute Gasteiger partial charge is 0.324 e. The van der Waals surface area contributed by atoms with Gasteiger partial charge in [-0.25, -0.2) is 0 Å².